The van der Waals surface area contributed by atoms with Gasteiger partial charge in [-0.3, -0.25) is 4.79 Å². The molecule has 21 heavy (non-hydrogen) atoms. The van der Waals surface area contributed by atoms with Gasteiger partial charge in [-0.1, -0.05) is 18.2 Å². The zero-order chi connectivity index (χ0) is 15.5. The van der Waals surface area contributed by atoms with Gasteiger partial charge in [0.05, 0.1) is 12.6 Å². The molecule has 2 unspecified atom stereocenters. The third-order valence-corrected chi connectivity index (χ3v) is 2.84. The molecule has 0 radical (unpaired) electrons. The second-order valence-corrected chi connectivity index (χ2v) is 4.69. The summed E-state index contributed by atoms with van der Waals surface area (Å²) in [7, 11) is 1.58. The number of para-hydroxylation sites is 1. The summed E-state index contributed by atoms with van der Waals surface area (Å²) in [6, 6.07) is 8.90. The fraction of sp³-hybridized carbons (Fsp3) is 0.533. The molecule has 0 bridgehead atoms. The second-order valence-electron chi connectivity index (χ2n) is 4.69. The van der Waals surface area contributed by atoms with Crippen LogP contribution >= 0.6 is 0 Å². The van der Waals surface area contributed by atoms with Crippen LogP contribution in [0.15, 0.2) is 30.3 Å². The first-order valence-corrected chi connectivity index (χ1v) is 6.99. The predicted molar refractivity (Wildman–Crippen MR) is 80.3 cm³/mol. The van der Waals surface area contributed by atoms with Gasteiger partial charge in [-0.05, 0) is 19.1 Å². The lowest BCUT2D eigenvalue weighted by Crippen LogP contribution is -2.46. The number of hydrogen-bond acceptors (Lipinski definition) is 5. The molecule has 1 amide bonds. The number of carbonyl (C=O) groups is 1. The smallest absolute Gasteiger partial charge is 0.236 e. The highest BCUT2D eigenvalue weighted by atomic mass is 16.5. The Labute approximate surface area is 125 Å². The molecule has 0 saturated carbocycles. The molecule has 118 valence electrons. The van der Waals surface area contributed by atoms with Crippen LogP contribution in [0.4, 0.5) is 0 Å². The van der Waals surface area contributed by atoms with Crippen LogP contribution < -0.4 is 15.4 Å². The van der Waals surface area contributed by atoms with E-state index < -0.39 is 6.10 Å². The molecule has 0 spiro atoms. The highest BCUT2D eigenvalue weighted by molar-refractivity contribution is 5.81. The van der Waals surface area contributed by atoms with Gasteiger partial charge in [0.15, 0.2) is 0 Å². The van der Waals surface area contributed by atoms with Crippen molar-refractivity contribution in [3.05, 3.63) is 30.3 Å². The first kappa shape index (κ1) is 17.4. The average Bonchev–Trinajstić information content (AvgIpc) is 2.51. The molecule has 0 aliphatic carbocycles. The lowest BCUT2D eigenvalue weighted by Gasteiger charge is -2.17. The van der Waals surface area contributed by atoms with Crippen molar-refractivity contribution in [2.24, 2.45) is 0 Å². The normalized spacial score (nSPS) is 13.5. The van der Waals surface area contributed by atoms with E-state index in [0.29, 0.717) is 18.9 Å². The summed E-state index contributed by atoms with van der Waals surface area (Å²) in [6.07, 6.45) is -0.681. The maximum atomic E-state index is 11.7. The molecule has 2 atom stereocenters. The van der Waals surface area contributed by atoms with E-state index in [9.17, 15) is 9.90 Å². The monoisotopic (exact) mass is 296 g/mol. The van der Waals surface area contributed by atoms with Crippen molar-refractivity contribution in [3.63, 3.8) is 0 Å². The molecular weight excluding hydrogens is 272 g/mol. The highest BCUT2D eigenvalue weighted by Gasteiger charge is 2.13. The fourth-order valence-electron chi connectivity index (χ4n) is 1.60. The van der Waals surface area contributed by atoms with Crippen LogP contribution in [-0.4, -0.2) is 56.6 Å². The number of nitrogens with one attached hydrogen (secondary N) is 2. The van der Waals surface area contributed by atoms with Gasteiger partial charge in [0.2, 0.25) is 5.91 Å². The Morgan fingerprint density at radius 1 is 1.33 bits per heavy atom. The molecule has 0 aliphatic rings. The first-order valence-electron chi connectivity index (χ1n) is 6.99. The van der Waals surface area contributed by atoms with Gasteiger partial charge < -0.3 is 25.2 Å². The number of rotatable bonds is 10. The van der Waals surface area contributed by atoms with E-state index in [1.807, 2.05) is 30.3 Å². The SMILES string of the molecule is COCCNC(=O)C(C)NCC(O)COc1ccccc1. The van der Waals surface area contributed by atoms with Crippen LogP contribution in [0.1, 0.15) is 6.92 Å². The summed E-state index contributed by atoms with van der Waals surface area (Å²) in [4.78, 5) is 11.7. The maximum Gasteiger partial charge on any atom is 0.236 e. The van der Waals surface area contributed by atoms with Crippen molar-refractivity contribution in [2.75, 3.05) is 33.4 Å². The van der Waals surface area contributed by atoms with E-state index in [1.54, 1.807) is 14.0 Å². The zero-order valence-electron chi connectivity index (χ0n) is 12.5. The van der Waals surface area contributed by atoms with E-state index in [4.69, 9.17) is 9.47 Å². The van der Waals surface area contributed by atoms with E-state index in [0.717, 1.165) is 0 Å². The minimum absolute atomic E-state index is 0.122. The van der Waals surface area contributed by atoms with Crippen LogP contribution in [0.3, 0.4) is 0 Å². The Morgan fingerprint density at radius 3 is 2.71 bits per heavy atom. The quantitative estimate of drug-likeness (QED) is 0.536. The van der Waals surface area contributed by atoms with Crippen molar-refractivity contribution >= 4 is 5.91 Å². The van der Waals surface area contributed by atoms with Crippen LogP contribution in [0.2, 0.25) is 0 Å². The lowest BCUT2D eigenvalue weighted by molar-refractivity contribution is -0.123. The Morgan fingerprint density at radius 2 is 2.05 bits per heavy atom. The number of methoxy groups -OCH3 is 1. The van der Waals surface area contributed by atoms with Crippen LogP contribution in [0, 0.1) is 0 Å². The van der Waals surface area contributed by atoms with Crippen molar-refractivity contribution < 1.29 is 19.4 Å². The summed E-state index contributed by atoms with van der Waals surface area (Å²) in [6.45, 7) is 3.15. The summed E-state index contributed by atoms with van der Waals surface area (Å²) < 4.78 is 10.3. The van der Waals surface area contributed by atoms with Crippen LogP contribution in [0.25, 0.3) is 0 Å². The molecule has 1 rings (SSSR count). The first-order chi connectivity index (χ1) is 10.1. The molecule has 3 N–H and O–H groups in total. The zero-order valence-corrected chi connectivity index (χ0v) is 12.5. The summed E-state index contributed by atoms with van der Waals surface area (Å²) in [5.74, 6) is 0.588. The number of aliphatic hydroxyl groups is 1. The van der Waals surface area contributed by atoms with Gasteiger partial charge in [-0.15, -0.1) is 0 Å². The summed E-state index contributed by atoms with van der Waals surface area (Å²) in [5.41, 5.74) is 0. The molecule has 1 aromatic carbocycles. The molecule has 0 heterocycles. The van der Waals surface area contributed by atoms with Crippen molar-refractivity contribution in [1.29, 1.82) is 0 Å². The van der Waals surface area contributed by atoms with Crippen molar-refractivity contribution in [3.8, 4) is 5.75 Å². The van der Waals surface area contributed by atoms with E-state index in [2.05, 4.69) is 10.6 Å². The molecule has 6 nitrogen and oxygen atoms in total. The average molecular weight is 296 g/mol. The summed E-state index contributed by atoms with van der Waals surface area (Å²) in [5, 5.41) is 15.5. The van der Waals surface area contributed by atoms with E-state index in [-0.39, 0.29) is 25.1 Å². The molecule has 6 heteroatoms. The third-order valence-electron chi connectivity index (χ3n) is 2.84. The fourth-order valence-corrected chi connectivity index (χ4v) is 1.60. The Bertz CT molecular complexity index is 400. The second kappa shape index (κ2) is 10.1. The van der Waals surface area contributed by atoms with Gasteiger partial charge in [0.1, 0.15) is 18.5 Å². The number of hydrogen-bond donors (Lipinski definition) is 3. The van der Waals surface area contributed by atoms with Gasteiger partial charge in [0.25, 0.3) is 0 Å². The number of carbonyl (C=O) groups excluding carboxylic acids is 1. The van der Waals surface area contributed by atoms with Gasteiger partial charge in [-0.25, -0.2) is 0 Å². The number of amides is 1. The Hall–Kier alpha value is -1.63. The number of benzene rings is 1. The van der Waals surface area contributed by atoms with Crippen LogP contribution in [-0.2, 0) is 9.53 Å². The van der Waals surface area contributed by atoms with E-state index >= 15 is 0 Å². The molecule has 1 aromatic rings. The van der Waals surface area contributed by atoms with Crippen LogP contribution in [0.5, 0.6) is 5.75 Å². The maximum absolute atomic E-state index is 11.7. The molecule has 0 fully saturated rings. The highest BCUT2D eigenvalue weighted by Crippen LogP contribution is 2.08. The number of ether oxygens (including phenoxy) is 2. The topological polar surface area (TPSA) is 79.8 Å². The predicted octanol–water partition coefficient (Wildman–Crippen LogP) is 0.167. The number of aliphatic hydroxyl groups excluding tert-OH is 1. The van der Waals surface area contributed by atoms with E-state index in [1.165, 1.54) is 0 Å². The van der Waals surface area contributed by atoms with Gasteiger partial charge in [0, 0.05) is 20.2 Å². The van der Waals surface area contributed by atoms with Gasteiger partial charge >= 0.3 is 0 Å². The standard InChI is InChI=1S/C15H24N2O4/c1-12(15(19)16-8-9-20-2)17-10-13(18)11-21-14-6-4-3-5-7-14/h3-7,12-13,17-18H,8-11H2,1-2H3,(H,16,19). The van der Waals surface area contributed by atoms with Crippen molar-refractivity contribution in [2.45, 2.75) is 19.1 Å². The molecule has 0 saturated heterocycles. The minimum Gasteiger partial charge on any atom is -0.491 e. The molecular formula is C15H24N2O4. The molecule has 0 aromatic heterocycles. The lowest BCUT2D eigenvalue weighted by atomic mass is 10.3. The largest absolute Gasteiger partial charge is 0.491 e. The third kappa shape index (κ3) is 7.65. The van der Waals surface area contributed by atoms with Crippen molar-refractivity contribution in [1.82, 2.24) is 10.6 Å². The minimum atomic E-state index is -0.681. The molecule has 0 aliphatic heterocycles. The Balaban J connectivity index is 2.16. The Kier molecular flexibility index (Phi) is 8.42. The summed E-state index contributed by atoms with van der Waals surface area (Å²) >= 11 is 0. The van der Waals surface area contributed by atoms with Gasteiger partial charge in [-0.2, -0.15) is 0 Å².